The first-order valence-electron chi connectivity index (χ1n) is 5.91. The molecule has 0 amide bonds. The molecular weight excluding hydrogens is 421 g/mol. The van der Waals surface area contributed by atoms with E-state index in [1.54, 1.807) is 7.11 Å². The topological polar surface area (TPSA) is 34.4 Å². The van der Waals surface area contributed by atoms with E-state index in [0.717, 1.165) is 19.7 Å². The van der Waals surface area contributed by atoms with Gasteiger partial charge < -0.3 is 14.5 Å². The first-order chi connectivity index (χ1) is 9.10. The number of rotatable bonds is 5. The first kappa shape index (κ1) is 14.9. The van der Waals surface area contributed by atoms with Gasteiger partial charge in [-0.25, -0.2) is 0 Å². The monoisotopic (exact) mass is 435 g/mol. The summed E-state index contributed by atoms with van der Waals surface area (Å²) in [5, 5.41) is 3.43. The van der Waals surface area contributed by atoms with Crippen molar-refractivity contribution in [3.8, 4) is 5.75 Å². The molecule has 0 saturated heterocycles. The van der Waals surface area contributed by atoms with E-state index in [0.29, 0.717) is 6.54 Å². The molecule has 102 valence electrons. The Balaban J connectivity index is 1.99. The fourth-order valence-electron chi connectivity index (χ4n) is 1.77. The number of methoxy groups -OCH3 is 1. The van der Waals surface area contributed by atoms with Gasteiger partial charge in [-0.1, -0.05) is 6.07 Å². The second kappa shape index (κ2) is 6.76. The van der Waals surface area contributed by atoms with Crippen LogP contribution in [0.4, 0.5) is 0 Å². The number of hydrogen-bond acceptors (Lipinski definition) is 3. The third-order valence-electron chi connectivity index (χ3n) is 2.89. The van der Waals surface area contributed by atoms with Crippen LogP contribution in [0.5, 0.6) is 5.75 Å². The molecule has 0 saturated carbocycles. The van der Waals surface area contributed by atoms with Crippen LogP contribution in [0.15, 0.2) is 39.2 Å². The number of ether oxygens (including phenoxy) is 1. The predicted molar refractivity (Wildman–Crippen MR) is 87.4 cm³/mol. The molecule has 1 atom stereocenters. The lowest BCUT2D eigenvalue weighted by molar-refractivity contribution is 0.411. The van der Waals surface area contributed by atoms with Gasteiger partial charge in [0.25, 0.3) is 0 Å². The van der Waals surface area contributed by atoms with Crippen molar-refractivity contribution in [2.24, 2.45) is 0 Å². The lowest BCUT2D eigenvalue weighted by atomic mass is 10.1. The molecule has 2 aromatic rings. The van der Waals surface area contributed by atoms with Crippen molar-refractivity contribution in [2.75, 3.05) is 7.11 Å². The van der Waals surface area contributed by atoms with Crippen LogP contribution in [0.3, 0.4) is 0 Å². The second-order valence-corrected chi connectivity index (χ2v) is 6.12. The zero-order valence-electron chi connectivity index (χ0n) is 10.7. The molecule has 0 aliphatic rings. The van der Waals surface area contributed by atoms with Crippen LogP contribution in [0.2, 0.25) is 0 Å². The number of hydrogen-bond donors (Lipinski definition) is 1. The van der Waals surface area contributed by atoms with Gasteiger partial charge in [0, 0.05) is 6.04 Å². The molecule has 2 rings (SSSR count). The van der Waals surface area contributed by atoms with Crippen molar-refractivity contribution >= 4 is 38.5 Å². The van der Waals surface area contributed by atoms with E-state index in [1.807, 2.05) is 18.2 Å². The number of halogens is 2. The van der Waals surface area contributed by atoms with Gasteiger partial charge in [0.2, 0.25) is 0 Å². The normalized spacial score (nSPS) is 12.4. The lowest BCUT2D eigenvalue weighted by Crippen LogP contribution is -2.17. The van der Waals surface area contributed by atoms with Crippen molar-refractivity contribution in [3.05, 3.63) is 49.9 Å². The third kappa shape index (κ3) is 3.97. The van der Waals surface area contributed by atoms with Gasteiger partial charge in [-0.3, -0.25) is 0 Å². The molecule has 3 nitrogen and oxygen atoms in total. The average molecular weight is 436 g/mol. The molecule has 0 bridgehead atoms. The Morgan fingerprint density at radius 2 is 2.16 bits per heavy atom. The van der Waals surface area contributed by atoms with Crippen LogP contribution < -0.4 is 10.1 Å². The lowest BCUT2D eigenvalue weighted by Gasteiger charge is -2.14. The highest BCUT2D eigenvalue weighted by atomic mass is 127. The molecule has 1 N–H and O–H groups in total. The van der Waals surface area contributed by atoms with Crippen LogP contribution in [0.25, 0.3) is 0 Å². The highest BCUT2D eigenvalue weighted by Gasteiger charge is 2.09. The quantitative estimate of drug-likeness (QED) is 0.702. The SMILES string of the molecule is COc1ccc(C(C)NCc2ccc(I)o2)cc1Br. The Kier molecular flexibility index (Phi) is 5.29. The Morgan fingerprint density at radius 1 is 1.37 bits per heavy atom. The highest BCUT2D eigenvalue weighted by Crippen LogP contribution is 2.28. The minimum atomic E-state index is 0.241. The Bertz CT molecular complexity index is 556. The summed E-state index contributed by atoms with van der Waals surface area (Å²) in [6, 6.07) is 10.3. The van der Waals surface area contributed by atoms with Crippen LogP contribution in [-0.2, 0) is 6.54 Å². The summed E-state index contributed by atoms with van der Waals surface area (Å²) in [6.07, 6.45) is 0. The molecule has 19 heavy (non-hydrogen) atoms. The summed E-state index contributed by atoms with van der Waals surface area (Å²) >= 11 is 5.67. The molecule has 0 aliphatic carbocycles. The van der Waals surface area contributed by atoms with E-state index in [1.165, 1.54) is 5.56 Å². The first-order valence-corrected chi connectivity index (χ1v) is 7.78. The molecule has 0 radical (unpaired) electrons. The summed E-state index contributed by atoms with van der Waals surface area (Å²) in [7, 11) is 1.67. The minimum absolute atomic E-state index is 0.241. The maximum absolute atomic E-state index is 5.52. The van der Waals surface area contributed by atoms with Gasteiger partial charge in [0.05, 0.1) is 18.1 Å². The van der Waals surface area contributed by atoms with Crippen molar-refractivity contribution in [1.29, 1.82) is 0 Å². The van der Waals surface area contributed by atoms with Crippen molar-refractivity contribution in [3.63, 3.8) is 0 Å². The Hall–Kier alpha value is -0.530. The molecule has 1 aromatic heterocycles. The van der Waals surface area contributed by atoms with Crippen LogP contribution in [-0.4, -0.2) is 7.11 Å². The number of benzene rings is 1. The van der Waals surface area contributed by atoms with Crippen molar-refractivity contribution in [2.45, 2.75) is 19.5 Å². The fourth-order valence-corrected chi connectivity index (χ4v) is 2.79. The van der Waals surface area contributed by atoms with Gasteiger partial charge in [0.1, 0.15) is 11.5 Å². The van der Waals surface area contributed by atoms with Gasteiger partial charge >= 0.3 is 0 Å². The van der Waals surface area contributed by atoms with Gasteiger partial charge in [-0.2, -0.15) is 0 Å². The molecule has 0 spiro atoms. The molecule has 5 heteroatoms. The van der Waals surface area contributed by atoms with Crippen molar-refractivity contribution in [1.82, 2.24) is 5.32 Å². The Morgan fingerprint density at radius 3 is 2.74 bits per heavy atom. The summed E-state index contributed by atoms with van der Waals surface area (Å²) in [5.41, 5.74) is 1.20. The van der Waals surface area contributed by atoms with E-state index >= 15 is 0 Å². The number of furan rings is 1. The summed E-state index contributed by atoms with van der Waals surface area (Å²) < 4.78 is 12.6. The summed E-state index contributed by atoms with van der Waals surface area (Å²) in [6.45, 7) is 2.84. The van der Waals surface area contributed by atoms with Crippen LogP contribution in [0.1, 0.15) is 24.3 Å². The van der Waals surface area contributed by atoms with E-state index in [2.05, 4.69) is 62.9 Å². The smallest absolute Gasteiger partial charge is 0.164 e. The third-order valence-corrected chi connectivity index (χ3v) is 4.09. The van der Waals surface area contributed by atoms with E-state index in [4.69, 9.17) is 9.15 Å². The van der Waals surface area contributed by atoms with Gasteiger partial charge in [-0.15, -0.1) is 0 Å². The molecule has 0 aliphatic heterocycles. The largest absolute Gasteiger partial charge is 0.496 e. The van der Waals surface area contributed by atoms with E-state index in [-0.39, 0.29) is 6.04 Å². The summed E-state index contributed by atoms with van der Waals surface area (Å²) in [4.78, 5) is 0. The van der Waals surface area contributed by atoms with E-state index < -0.39 is 0 Å². The zero-order valence-corrected chi connectivity index (χ0v) is 14.5. The second-order valence-electron chi connectivity index (χ2n) is 4.20. The summed E-state index contributed by atoms with van der Waals surface area (Å²) in [5.74, 6) is 1.79. The van der Waals surface area contributed by atoms with Crippen LogP contribution in [0, 0.1) is 3.77 Å². The van der Waals surface area contributed by atoms with Gasteiger partial charge in [-0.05, 0) is 75.3 Å². The highest BCUT2D eigenvalue weighted by molar-refractivity contribution is 14.1. The van der Waals surface area contributed by atoms with Crippen molar-refractivity contribution < 1.29 is 9.15 Å². The molecular formula is C14H15BrINO2. The average Bonchev–Trinajstić information content (AvgIpc) is 2.81. The van der Waals surface area contributed by atoms with Gasteiger partial charge in [0.15, 0.2) is 3.77 Å². The molecule has 1 unspecified atom stereocenters. The fraction of sp³-hybridized carbons (Fsp3) is 0.286. The molecule has 0 fully saturated rings. The Labute approximate surface area is 135 Å². The minimum Gasteiger partial charge on any atom is -0.496 e. The maximum atomic E-state index is 5.52. The van der Waals surface area contributed by atoms with E-state index in [9.17, 15) is 0 Å². The number of nitrogens with one attached hydrogen (secondary N) is 1. The zero-order chi connectivity index (χ0) is 13.8. The standard InChI is InChI=1S/C14H15BrINO2/c1-9(17-8-11-4-6-14(16)19-11)10-3-5-13(18-2)12(15)7-10/h3-7,9,17H,8H2,1-2H3. The van der Waals surface area contributed by atoms with Crippen LogP contribution >= 0.6 is 38.5 Å². The molecule has 1 aromatic carbocycles. The molecule has 1 heterocycles. The predicted octanol–water partition coefficient (Wildman–Crippen LogP) is 4.51. The maximum Gasteiger partial charge on any atom is 0.164 e.